The molecule has 0 heterocycles. The summed E-state index contributed by atoms with van der Waals surface area (Å²) in [6.45, 7) is 10.7. The van der Waals surface area contributed by atoms with Crippen molar-refractivity contribution in [2.75, 3.05) is 6.61 Å². The molecule has 0 bridgehead atoms. The zero-order valence-electron chi connectivity index (χ0n) is 20.5. The van der Waals surface area contributed by atoms with E-state index in [0.29, 0.717) is 24.3 Å². The lowest BCUT2D eigenvalue weighted by atomic mass is 9.75. The number of fused-ring (bicyclic) bond motifs is 1. The standard InChI is InChI=1S/C27H31NO7/c1-6-16-32-24(29)20-11-7-8-12-21(20)33-22-13-9-10-18-14-15-19(17(2)23(18)22)25(30)35-28-26(31)34-27(3,4)5/h6-13,17,19H,1,14-16H2,2-5H3,(H,28,31)/t17?,19-/m0/s1. The molecule has 0 aromatic heterocycles. The van der Waals surface area contributed by atoms with Gasteiger partial charge in [-0.05, 0) is 63.3 Å². The smallest absolute Gasteiger partial charge is 0.441 e. The summed E-state index contributed by atoms with van der Waals surface area (Å²) in [5.74, 6) is -0.960. The number of para-hydroxylation sites is 1. The van der Waals surface area contributed by atoms with Crippen molar-refractivity contribution in [3.05, 3.63) is 71.8 Å². The van der Waals surface area contributed by atoms with Gasteiger partial charge >= 0.3 is 18.0 Å². The Morgan fingerprint density at radius 3 is 2.51 bits per heavy atom. The number of benzene rings is 2. The number of hydrogen-bond donors (Lipinski definition) is 1. The number of ether oxygens (including phenoxy) is 3. The lowest BCUT2D eigenvalue weighted by molar-refractivity contribution is -0.156. The second-order valence-electron chi connectivity index (χ2n) is 9.27. The molecule has 2 atom stereocenters. The maximum atomic E-state index is 12.8. The van der Waals surface area contributed by atoms with Crippen LogP contribution in [0.5, 0.6) is 11.5 Å². The van der Waals surface area contributed by atoms with Crippen LogP contribution in [0.1, 0.15) is 61.5 Å². The van der Waals surface area contributed by atoms with Gasteiger partial charge in [-0.2, -0.15) is 0 Å². The van der Waals surface area contributed by atoms with Gasteiger partial charge in [0, 0.05) is 5.56 Å². The highest BCUT2D eigenvalue weighted by molar-refractivity contribution is 5.92. The van der Waals surface area contributed by atoms with E-state index in [0.717, 1.165) is 11.1 Å². The van der Waals surface area contributed by atoms with Crippen LogP contribution in [0, 0.1) is 5.92 Å². The van der Waals surface area contributed by atoms with Crippen molar-refractivity contribution in [2.24, 2.45) is 5.92 Å². The minimum Gasteiger partial charge on any atom is -0.458 e. The van der Waals surface area contributed by atoms with Crippen LogP contribution in [0.3, 0.4) is 0 Å². The van der Waals surface area contributed by atoms with Gasteiger partial charge in [-0.25, -0.2) is 14.4 Å². The van der Waals surface area contributed by atoms with Crippen molar-refractivity contribution in [3.63, 3.8) is 0 Å². The highest BCUT2D eigenvalue weighted by Crippen LogP contribution is 2.43. The molecule has 3 rings (SSSR count). The zero-order chi connectivity index (χ0) is 25.6. The number of hydroxylamine groups is 1. The Morgan fingerprint density at radius 2 is 1.80 bits per heavy atom. The molecule has 2 aromatic carbocycles. The van der Waals surface area contributed by atoms with Crippen molar-refractivity contribution in [1.82, 2.24) is 5.48 Å². The maximum absolute atomic E-state index is 12.8. The topological polar surface area (TPSA) is 100 Å². The van der Waals surface area contributed by atoms with E-state index in [-0.39, 0.29) is 18.1 Å². The van der Waals surface area contributed by atoms with Gasteiger partial charge in [-0.3, -0.25) is 0 Å². The highest BCUT2D eigenvalue weighted by atomic mass is 16.7. The van der Waals surface area contributed by atoms with Crippen LogP contribution in [-0.2, 0) is 25.5 Å². The second-order valence-corrected chi connectivity index (χ2v) is 9.27. The summed E-state index contributed by atoms with van der Waals surface area (Å²) in [5.41, 5.74) is 3.54. The van der Waals surface area contributed by atoms with Crippen molar-refractivity contribution < 1.29 is 33.4 Å². The summed E-state index contributed by atoms with van der Waals surface area (Å²) in [4.78, 5) is 42.2. The third-order valence-corrected chi connectivity index (χ3v) is 5.54. The molecule has 1 aliphatic carbocycles. The fraction of sp³-hybridized carbons (Fsp3) is 0.370. The summed E-state index contributed by atoms with van der Waals surface area (Å²) in [5, 5.41) is 0. The number of rotatable bonds is 6. The Bertz CT molecular complexity index is 1100. The molecular formula is C27H31NO7. The van der Waals surface area contributed by atoms with E-state index in [9.17, 15) is 14.4 Å². The minimum absolute atomic E-state index is 0.0893. The molecule has 8 heteroatoms. The first-order valence-corrected chi connectivity index (χ1v) is 11.5. The normalized spacial score (nSPS) is 16.9. The van der Waals surface area contributed by atoms with Gasteiger partial charge in [0.05, 0.1) is 5.92 Å². The van der Waals surface area contributed by atoms with Gasteiger partial charge in [-0.15, -0.1) is 5.48 Å². The van der Waals surface area contributed by atoms with Crippen LogP contribution in [0.25, 0.3) is 0 Å². The Hall–Kier alpha value is -3.81. The van der Waals surface area contributed by atoms with Gasteiger partial charge in [0.2, 0.25) is 0 Å². The SMILES string of the molecule is C=CCOC(=O)c1ccccc1Oc1cccc2c1C(C)[C@@H](C(=O)ONC(=O)OC(C)(C)C)CC2. The molecule has 35 heavy (non-hydrogen) atoms. The molecule has 1 amide bonds. The lowest BCUT2D eigenvalue weighted by Crippen LogP contribution is -2.37. The molecule has 1 aliphatic rings. The molecule has 0 spiro atoms. The van der Waals surface area contributed by atoms with Gasteiger partial charge in [0.25, 0.3) is 0 Å². The van der Waals surface area contributed by atoms with Gasteiger partial charge in [0.1, 0.15) is 29.3 Å². The molecule has 186 valence electrons. The van der Waals surface area contributed by atoms with Crippen LogP contribution in [0.15, 0.2) is 55.1 Å². The van der Waals surface area contributed by atoms with Crippen LogP contribution in [0.4, 0.5) is 4.79 Å². The maximum Gasteiger partial charge on any atom is 0.441 e. The van der Waals surface area contributed by atoms with Crippen LogP contribution < -0.4 is 10.2 Å². The van der Waals surface area contributed by atoms with E-state index < -0.39 is 29.6 Å². The molecule has 8 nitrogen and oxygen atoms in total. The number of carbonyl (C=O) groups excluding carboxylic acids is 3. The highest BCUT2D eigenvalue weighted by Gasteiger charge is 2.35. The van der Waals surface area contributed by atoms with Crippen LogP contribution >= 0.6 is 0 Å². The Morgan fingerprint density at radius 1 is 1.09 bits per heavy atom. The first kappa shape index (κ1) is 25.8. The first-order valence-electron chi connectivity index (χ1n) is 11.5. The fourth-order valence-corrected chi connectivity index (χ4v) is 4.02. The number of hydrogen-bond acceptors (Lipinski definition) is 7. The molecule has 2 aromatic rings. The van der Waals surface area contributed by atoms with Crippen LogP contribution in [0.2, 0.25) is 0 Å². The Kier molecular flexibility index (Phi) is 8.17. The molecule has 0 fully saturated rings. The van der Waals surface area contributed by atoms with E-state index in [2.05, 4.69) is 12.1 Å². The molecular weight excluding hydrogens is 450 g/mol. The number of esters is 1. The monoisotopic (exact) mass is 481 g/mol. The summed E-state index contributed by atoms with van der Waals surface area (Å²) < 4.78 is 16.5. The van der Waals surface area contributed by atoms with E-state index in [1.807, 2.05) is 19.1 Å². The first-order chi connectivity index (χ1) is 16.6. The van der Waals surface area contributed by atoms with Crippen LogP contribution in [-0.4, -0.2) is 30.2 Å². The summed E-state index contributed by atoms with van der Waals surface area (Å²) >= 11 is 0. The number of carbonyl (C=O) groups is 3. The van der Waals surface area contributed by atoms with Crippen molar-refractivity contribution in [1.29, 1.82) is 0 Å². The minimum atomic E-state index is -0.835. The predicted molar refractivity (Wildman–Crippen MR) is 129 cm³/mol. The van der Waals surface area contributed by atoms with Gasteiger partial charge in [0.15, 0.2) is 0 Å². The number of aryl methyl sites for hydroxylation is 1. The third kappa shape index (κ3) is 6.62. The van der Waals surface area contributed by atoms with E-state index in [4.69, 9.17) is 19.0 Å². The molecule has 0 saturated carbocycles. The van der Waals surface area contributed by atoms with Gasteiger partial charge < -0.3 is 19.0 Å². The molecule has 0 saturated heterocycles. The Balaban J connectivity index is 1.79. The van der Waals surface area contributed by atoms with E-state index >= 15 is 0 Å². The predicted octanol–water partition coefficient (Wildman–Crippen LogP) is 5.47. The number of amides is 1. The average Bonchev–Trinajstić information content (AvgIpc) is 2.80. The lowest BCUT2D eigenvalue weighted by Gasteiger charge is -2.31. The number of nitrogens with one attached hydrogen (secondary N) is 1. The fourth-order valence-electron chi connectivity index (χ4n) is 4.02. The van der Waals surface area contributed by atoms with Crippen molar-refractivity contribution in [2.45, 2.75) is 52.1 Å². The Labute approximate surface area is 205 Å². The summed E-state index contributed by atoms with van der Waals surface area (Å²) in [6.07, 6.45) is 1.84. The summed E-state index contributed by atoms with van der Waals surface area (Å²) in [6, 6.07) is 12.5. The van der Waals surface area contributed by atoms with E-state index in [1.165, 1.54) is 6.08 Å². The van der Waals surface area contributed by atoms with Gasteiger partial charge in [-0.1, -0.05) is 43.8 Å². The quantitative estimate of drug-likeness (QED) is 0.253. The average molecular weight is 482 g/mol. The second kappa shape index (κ2) is 11.1. The third-order valence-electron chi connectivity index (χ3n) is 5.54. The van der Waals surface area contributed by atoms with Crippen molar-refractivity contribution in [3.8, 4) is 11.5 Å². The zero-order valence-corrected chi connectivity index (χ0v) is 20.5. The molecule has 0 radical (unpaired) electrons. The largest absolute Gasteiger partial charge is 0.458 e. The molecule has 1 N–H and O–H groups in total. The van der Waals surface area contributed by atoms with E-state index in [1.54, 1.807) is 51.1 Å². The molecule has 0 aliphatic heterocycles. The summed E-state index contributed by atoms with van der Waals surface area (Å²) in [7, 11) is 0. The van der Waals surface area contributed by atoms with Crippen molar-refractivity contribution >= 4 is 18.0 Å². The molecule has 1 unspecified atom stereocenters.